The molecule has 1 aliphatic rings. The van der Waals surface area contributed by atoms with Crippen LogP contribution in [0.2, 0.25) is 0 Å². The lowest BCUT2D eigenvalue weighted by molar-refractivity contribution is 0.164. The van der Waals surface area contributed by atoms with Crippen LogP contribution in [0.15, 0.2) is 46.3 Å². The SMILES string of the molecule is CC(N)C(c1ccc(Br)s1)N1CCCC1c1ccccc1. The van der Waals surface area contributed by atoms with Gasteiger partial charge in [-0.05, 0) is 59.9 Å². The molecule has 0 bridgehead atoms. The Morgan fingerprint density at radius 1 is 1.24 bits per heavy atom. The number of thiophene rings is 1. The van der Waals surface area contributed by atoms with Gasteiger partial charge in [0.25, 0.3) is 0 Å². The first-order chi connectivity index (χ1) is 10.2. The van der Waals surface area contributed by atoms with Gasteiger partial charge in [-0.15, -0.1) is 11.3 Å². The maximum atomic E-state index is 6.35. The molecule has 1 aromatic heterocycles. The second kappa shape index (κ2) is 6.61. The summed E-state index contributed by atoms with van der Waals surface area (Å²) >= 11 is 5.38. The predicted octanol–water partition coefficient (Wildman–Crippen LogP) is 4.74. The molecule has 4 heteroatoms. The molecular formula is C17H21BrN2S. The lowest BCUT2D eigenvalue weighted by Gasteiger charge is -2.35. The second-order valence-corrected chi connectivity index (χ2v) is 8.25. The van der Waals surface area contributed by atoms with Crippen LogP contribution in [0, 0.1) is 0 Å². The van der Waals surface area contributed by atoms with Crippen LogP contribution in [-0.4, -0.2) is 17.5 Å². The summed E-state index contributed by atoms with van der Waals surface area (Å²) in [6.07, 6.45) is 2.47. The van der Waals surface area contributed by atoms with E-state index in [0.717, 1.165) is 6.54 Å². The monoisotopic (exact) mass is 364 g/mol. The minimum Gasteiger partial charge on any atom is -0.326 e. The highest BCUT2D eigenvalue weighted by molar-refractivity contribution is 9.11. The van der Waals surface area contributed by atoms with Gasteiger partial charge in [-0.3, -0.25) is 4.90 Å². The quantitative estimate of drug-likeness (QED) is 0.848. The molecule has 2 aromatic rings. The third kappa shape index (κ3) is 3.24. The largest absolute Gasteiger partial charge is 0.326 e. The Morgan fingerprint density at radius 2 is 2.00 bits per heavy atom. The van der Waals surface area contributed by atoms with Crippen molar-refractivity contribution in [1.82, 2.24) is 4.90 Å². The van der Waals surface area contributed by atoms with E-state index in [1.165, 1.54) is 27.1 Å². The fourth-order valence-corrected chi connectivity index (χ4v) is 5.03. The van der Waals surface area contributed by atoms with E-state index in [-0.39, 0.29) is 6.04 Å². The van der Waals surface area contributed by atoms with E-state index < -0.39 is 0 Å². The molecule has 0 aliphatic carbocycles. The Hall–Kier alpha value is -0.680. The molecule has 21 heavy (non-hydrogen) atoms. The van der Waals surface area contributed by atoms with E-state index in [0.29, 0.717) is 12.1 Å². The van der Waals surface area contributed by atoms with Crippen molar-refractivity contribution in [2.45, 2.75) is 37.9 Å². The van der Waals surface area contributed by atoms with Crippen LogP contribution >= 0.6 is 27.3 Å². The molecule has 2 nitrogen and oxygen atoms in total. The third-order valence-corrected chi connectivity index (χ3v) is 5.91. The Kier molecular flexibility index (Phi) is 4.79. The first-order valence-electron chi connectivity index (χ1n) is 7.48. The normalized spacial score (nSPS) is 22.3. The van der Waals surface area contributed by atoms with Crippen molar-refractivity contribution in [3.8, 4) is 0 Å². The summed E-state index contributed by atoms with van der Waals surface area (Å²) in [6.45, 7) is 3.25. The highest BCUT2D eigenvalue weighted by Gasteiger charge is 2.35. The Morgan fingerprint density at radius 3 is 2.62 bits per heavy atom. The molecule has 3 atom stereocenters. The summed E-state index contributed by atoms with van der Waals surface area (Å²) in [7, 11) is 0. The number of likely N-dealkylation sites (tertiary alicyclic amines) is 1. The van der Waals surface area contributed by atoms with Crippen LogP contribution in [0.3, 0.4) is 0 Å². The molecule has 0 spiro atoms. The zero-order chi connectivity index (χ0) is 14.8. The van der Waals surface area contributed by atoms with Crippen LogP contribution < -0.4 is 5.73 Å². The van der Waals surface area contributed by atoms with E-state index in [2.05, 4.69) is 70.2 Å². The van der Waals surface area contributed by atoms with Crippen molar-refractivity contribution in [2.24, 2.45) is 5.73 Å². The van der Waals surface area contributed by atoms with E-state index in [1.807, 2.05) is 0 Å². The molecule has 3 rings (SSSR count). The predicted molar refractivity (Wildman–Crippen MR) is 93.5 cm³/mol. The van der Waals surface area contributed by atoms with Crippen molar-refractivity contribution < 1.29 is 0 Å². The van der Waals surface area contributed by atoms with E-state index in [4.69, 9.17) is 5.73 Å². The van der Waals surface area contributed by atoms with Crippen LogP contribution in [0.4, 0.5) is 0 Å². The van der Waals surface area contributed by atoms with Crippen molar-refractivity contribution in [3.63, 3.8) is 0 Å². The minimum atomic E-state index is 0.125. The molecule has 2 heterocycles. The van der Waals surface area contributed by atoms with Crippen molar-refractivity contribution in [1.29, 1.82) is 0 Å². The fourth-order valence-electron chi connectivity index (χ4n) is 3.37. The number of benzene rings is 1. The topological polar surface area (TPSA) is 29.3 Å². The first kappa shape index (κ1) is 15.2. The lowest BCUT2D eigenvalue weighted by Crippen LogP contribution is -2.38. The first-order valence-corrected chi connectivity index (χ1v) is 9.09. The molecule has 1 aliphatic heterocycles. The summed E-state index contributed by atoms with van der Waals surface area (Å²) in [4.78, 5) is 3.96. The number of hydrogen-bond donors (Lipinski definition) is 1. The number of halogens is 1. The average Bonchev–Trinajstić information content (AvgIpc) is 3.10. The highest BCUT2D eigenvalue weighted by Crippen LogP contribution is 2.42. The molecule has 0 amide bonds. The molecule has 0 saturated carbocycles. The van der Waals surface area contributed by atoms with E-state index >= 15 is 0 Å². The Labute approximate surface area is 139 Å². The molecule has 0 radical (unpaired) electrons. The number of hydrogen-bond acceptors (Lipinski definition) is 3. The fraction of sp³-hybridized carbons (Fsp3) is 0.412. The van der Waals surface area contributed by atoms with Crippen LogP contribution in [0.25, 0.3) is 0 Å². The zero-order valence-corrected chi connectivity index (χ0v) is 14.6. The van der Waals surface area contributed by atoms with Gasteiger partial charge < -0.3 is 5.73 Å². The maximum Gasteiger partial charge on any atom is 0.0702 e. The molecule has 112 valence electrons. The Bertz CT molecular complexity index is 581. The average molecular weight is 365 g/mol. The minimum absolute atomic E-state index is 0.125. The molecule has 3 unspecified atom stereocenters. The van der Waals surface area contributed by atoms with Gasteiger partial charge in [0.05, 0.1) is 9.83 Å². The molecule has 1 aromatic carbocycles. The number of nitrogens with zero attached hydrogens (tertiary/aromatic N) is 1. The van der Waals surface area contributed by atoms with Gasteiger partial charge in [0.1, 0.15) is 0 Å². The summed E-state index contributed by atoms with van der Waals surface area (Å²) in [5.74, 6) is 0. The van der Waals surface area contributed by atoms with Crippen LogP contribution in [0.1, 0.15) is 42.3 Å². The second-order valence-electron chi connectivity index (χ2n) is 5.75. The van der Waals surface area contributed by atoms with Gasteiger partial charge in [-0.25, -0.2) is 0 Å². The number of rotatable bonds is 4. The number of nitrogens with two attached hydrogens (primary N) is 1. The zero-order valence-electron chi connectivity index (χ0n) is 12.2. The maximum absolute atomic E-state index is 6.35. The lowest BCUT2D eigenvalue weighted by atomic mass is 10.0. The third-order valence-electron chi connectivity index (χ3n) is 4.22. The summed E-state index contributed by atoms with van der Waals surface area (Å²) in [5.41, 5.74) is 7.76. The van der Waals surface area contributed by atoms with Gasteiger partial charge in [-0.1, -0.05) is 30.3 Å². The van der Waals surface area contributed by atoms with Gasteiger partial charge >= 0.3 is 0 Å². The molecule has 2 N–H and O–H groups in total. The van der Waals surface area contributed by atoms with Crippen LogP contribution in [-0.2, 0) is 0 Å². The summed E-state index contributed by atoms with van der Waals surface area (Å²) in [5, 5.41) is 0. The smallest absolute Gasteiger partial charge is 0.0702 e. The summed E-state index contributed by atoms with van der Waals surface area (Å²) in [6, 6.07) is 16.1. The van der Waals surface area contributed by atoms with Gasteiger partial charge in [0, 0.05) is 17.0 Å². The van der Waals surface area contributed by atoms with E-state index in [1.54, 1.807) is 11.3 Å². The summed E-state index contributed by atoms with van der Waals surface area (Å²) < 4.78 is 1.18. The van der Waals surface area contributed by atoms with Crippen LogP contribution in [0.5, 0.6) is 0 Å². The van der Waals surface area contributed by atoms with Crippen molar-refractivity contribution >= 4 is 27.3 Å². The van der Waals surface area contributed by atoms with Crippen molar-refractivity contribution in [3.05, 3.63) is 56.7 Å². The standard InChI is InChI=1S/C17H21BrN2S/c1-12(19)17(15-9-10-16(18)21-15)20-11-5-8-14(20)13-6-3-2-4-7-13/h2-4,6-7,9-10,12,14,17H,5,8,11,19H2,1H3. The molecule has 1 fully saturated rings. The van der Waals surface area contributed by atoms with Gasteiger partial charge in [-0.2, -0.15) is 0 Å². The highest BCUT2D eigenvalue weighted by atomic mass is 79.9. The van der Waals surface area contributed by atoms with Gasteiger partial charge in [0.2, 0.25) is 0 Å². The Balaban J connectivity index is 1.91. The van der Waals surface area contributed by atoms with Gasteiger partial charge in [0.15, 0.2) is 0 Å². The molecular weight excluding hydrogens is 344 g/mol. The van der Waals surface area contributed by atoms with E-state index in [9.17, 15) is 0 Å². The van der Waals surface area contributed by atoms with Crippen molar-refractivity contribution in [2.75, 3.05) is 6.54 Å². The molecule has 1 saturated heterocycles.